The van der Waals surface area contributed by atoms with Crippen molar-refractivity contribution < 1.29 is 0 Å². The zero-order valence-corrected chi connectivity index (χ0v) is 6.93. The van der Waals surface area contributed by atoms with Crippen molar-refractivity contribution in [3.8, 4) is 0 Å². The van der Waals surface area contributed by atoms with Gasteiger partial charge in [0.1, 0.15) is 0 Å². The van der Waals surface area contributed by atoms with Crippen LogP contribution < -0.4 is 5.73 Å². The number of nitrogens with two attached hydrogens (primary N) is 1. The lowest BCUT2D eigenvalue weighted by Crippen LogP contribution is -1.96. The molecule has 0 aromatic heterocycles. The molecule has 0 heterocycles. The van der Waals surface area contributed by atoms with Crippen molar-refractivity contribution in [3.63, 3.8) is 0 Å². The van der Waals surface area contributed by atoms with E-state index in [9.17, 15) is 0 Å². The lowest BCUT2D eigenvalue weighted by molar-refractivity contribution is 0.855. The average molecular weight is 139 g/mol. The van der Waals surface area contributed by atoms with Gasteiger partial charge in [0.05, 0.1) is 0 Å². The molecule has 0 amide bonds. The molecule has 0 unspecified atom stereocenters. The normalized spacial score (nSPS) is 10.3. The Bertz CT molecular complexity index is 119. The smallest absolute Gasteiger partial charge is 0.00743 e. The predicted molar refractivity (Wildman–Crippen MR) is 46.9 cm³/mol. The van der Waals surface area contributed by atoms with Gasteiger partial charge in [-0.15, -0.1) is 0 Å². The Morgan fingerprint density at radius 3 is 2.60 bits per heavy atom. The van der Waals surface area contributed by atoms with Gasteiger partial charge in [0.15, 0.2) is 0 Å². The van der Waals surface area contributed by atoms with Crippen LogP contribution in [-0.4, -0.2) is 6.54 Å². The lowest BCUT2D eigenvalue weighted by Gasteiger charge is -1.86. The number of unbranched alkanes of at least 4 members (excludes halogenated alkanes) is 1. The van der Waals surface area contributed by atoms with Crippen molar-refractivity contribution in [2.24, 2.45) is 5.73 Å². The molecule has 1 nitrogen and oxygen atoms in total. The third-order valence-corrected chi connectivity index (χ3v) is 1.14. The molecule has 0 atom stereocenters. The first-order valence-electron chi connectivity index (χ1n) is 3.77. The number of hydrogen-bond acceptors (Lipinski definition) is 1. The molecule has 0 saturated carbocycles. The number of rotatable bonds is 4. The second kappa shape index (κ2) is 6.56. The van der Waals surface area contributed by atoms with E-state index >= 15 is 0 Å². The van der Waals surface area contributed by atoms with E-state index in [0.717, 1.165) is 19.4 Å². The lowest BCUT2D eigenvalue weighted by atomic mass is 10.2. The Labute approximate surface area is 63.6 Å². The highest BCUT2D eigenvalue weighted by Gasteiger charge is 1.75. The second-order valence-corrected chi connectivity index (χ2v) is 2.60. The van der Waals surface area contributed by atoms with Gasteiger partial charge in [0.2, 0.25) is 0 Å². The highest BCUT2D eigenvalue weighted by Crippen LogP contribution is 1.92. The first kappa shape index (κ1) is 9.44. The fraction of sp³-hybridized carbons (Fsp3) is 0.556. The predicted octanol–water partition coefficient (Wildman–Crippen LogP) is 2.25. The highest BCUT2D eigenvalue weighted by atomic mass is 14.5. The molecule has 0 spiro atoms. The van der Waals surface area contributed by atoms with Crippen molar-refractivity contribution in [3.05, 3.63) is 23.8 Å². The average Bonchev–Trinajstić information content (AvgIpc) is 1.87. The van der Waals surface area contributed by atoms with Crippen molar-refractivity contribution >= 4 is 0 Å². The van der Waals surface area contributed by atoms with Crippen molar-refractivity contribution in [2.45, 2.75) is 26.7 Å². The van der Waals surface area contributed by atoms with Gasteiger partial charge in [-0.1, -0.05) is 23.8 Å². The van der Waals surface area contributed by atoms with Crippen molar-refractivity contribution in [1.82, 2.24) is 0 Å². The molecule has 0 rings (SSSR count). The summed E-state index contributed by atoms with van der Waals surface area (Å²) >= 11 is 0. The Morgan fingerprint density at radius 1 is 1.40 bits per heavy atom. The highest BCUT2D eigenvalue weighted by molar-refractivity contribution is 5.07. The van der Waals surface area contributed by atoms with Gasteiger partial charge in [0, 0.05) is 0 Å². The van der Waals surface area contributed by atoms with Gasteiger partial charge in [0.25, 0.3) is 0 Å². The summed E-state index contributed by atoms with van der Waals surface area (Å²) < 4.78 is 0. The van der Waals surface area contributed by atoms with Crippen LogP contribution in [0.3, 0.4) is 0 Å². The van der Waals surface area contributed by atoms with Gasteiger partial charge in [-0.2, -0.15) is 0 Å². The summed E-state index contributed by atoms with van der Waals surface area (Å²) in [5, 5.41) is 0. The van der Waals surface area contributed by atoms with E-state index < -0.39 is 0 Å². The maximum atomic E-state index is 5.32. The van der Waals surface area contributed by atoms with E-state index in [1.54, 1.807) is 0 Å². The minimum absolute atomic E-state index is 0.791. The molecule has 0 aliphatic heterocycles. The van der Waals surface area contributed by atoms with Gasteiger partial charge >= 0.3 is 0 Å². The van der Waals surface area contributed by atoms with Crippen LogP contribution in [0, 0.1) is 0 Å². The molecule has 0 saturated heterocycles. The second-order valence-electron chi connectivity index (χ2n) is 2.60. The summed E-state index contributed by atoms with van der Waals surface area (Å²) in [4.78, 5) is 0. The molecule has 1 heteroatoms. The first-order valence-corrected chi connectivity index (χ1v) is 3.77. The zero-order valence-electron chi connectivity index (χ0n) is 6.93. The van der Waals surface area contributed by atoms with E-state index in [4.69, 9.17) is 5.73 Å². The molecule has 0 fully saturated rings. The van der Waals surface area contributed by atoms with Crippen LogP contribution in [0.1, 0.15) is 26.7 Å². The Balaban J connectivity index is 3.29. The molecule has 0 aromatic rings. The van der Waals surface area contributed by atoms with Crippen LogP contribution in [0.15, 0.2) is 23.8 Å². The van der Waals surface area contributed by atoms with E-state index in [2.05, 4.69) is 32.1 Å². The molecule has 0 aliphatic rings. The third kappa shape index (κ3) is 7.44. The Morgan fingerprint density at radius 2 is 2.10 bits per heavy atom. The Kier molecular flexibility index (Phi) is 6.19. The standard InChI is InChI=1S/C9H17N/c1-9(2)7-5-3-4-6-8-10/h3,5,7H,4,6,8,10H2,1-2H3/b5-3-. The van der Waals surface area contributed by atoms with Crippen LogP contribution in [0.5, 0.6) is 0 Å². The first-order chi connectivity index (χ1) is 4.77. The summed E-state index contributed by atoms with van der Waals surface area (Å²) in [6, 6.07) is 0. The van der Waals surface area contributed by atoms with Gasteiger partial charge in [-0.3, -0.25) is 0 Å². The van der Waals surface area contributed by atoms with Gasteiger partial charge in [-0.25, -0.2) is 0 Å². The number of hydrogen-bond donors (Lipinski definition) is 1. The molecule has 2 N–H and O–H groups in total. The molecule has 10 heavy (non-hydrogen) atoms. The monoisotopic (exact) mass is 139 g/mol. The molecular weight excluding hydrogens is 122 g/mol. The molecule has 0 bridgehead atoms. The molecule has 58 valence electrons. The van der Waals surface area contributed by atoms with Crippen LogP contribution in [0.25, 0.3) is 0 Å². The summed E-state index contributed by atoms with van der Waals surface area (Å²) in [6.45, 7) is 4.97. The Hall–Kier alpha value is -0.560. The summed E-state index contributed by atoms with van der Waals surface area (Å²) in [7, 11) is 0. The van der Waals surface area contributed by atoms with E-state index in [1.165, 1.54) is 5.57 Å². The maximum absolute atomic E-state index is 5.32. The molecule has 0 aliphatic carbocycles. The molecule has 0 aromatic carbocycles. The summed E-state index contributed by atoms with van der Waals surface area (Å²) in [5.74, 6) is 0. The van der Waals surface area contributed by atoms with E-state index in [0.29, 0.717) is 0 Å². The maximum Gasteiger partial charge on any atom is -0.00743 e. The third-order valence-electron chi connectivity index (χ3n) is 1.14. The van der Waals surface area contributed by atoms with Crippen molar-refractivity contribution in [2.75, 3.05) is 6.54 Å². The molecule has 0 radical (unpaired) electrons. The van der Waals surface area contributed by atoms with Crippen molar-refractivity contribution in [1.29, 1.82) is 0 Å². The van der Waals surface area contributed by atoms with Gasteiger partial charge in [-0.05, 0) is 33.2 Å². The largest absolute Gasteiger partial charge is 0.330 e. The van der Waals surface area contributed by atoms with E-state index in [-0.39, 0.29) is 0 Å². The summed E-state index contributed by atoms with van der Waals surface area (Å²) in [5.41, 5.74) is 6.66. The molecular formula is C9H17N. The van der Waals surface area contributed by atoms with Crippen LogP contribution >= 0.6 is 0 Å². The SMILES string of the molecule is CC(C)=C/C=C\CCCN. The van der Waals surface area contributed by atoms with Crippen LogP contribution in [0.4, 0.5) is 0 Å². The quantitative estimate of drug-likeness (QED) is 0.469. The minimum atomic E-state index is 0.791. The van der Waals surface area contributed by atoms with Crippen LogP contribution in [0.2, 0.25) is 0 Å². The minimum Gasteiger partial charge on any atom is -0.330 e. The van der Waals surface area contributed by atoms with Crippen LogP contribution in [-0.2, 0) is 0 Å². The number of allylic oxidation sites excluding steroid dienone is 4. The van der Waals surface area contributed by atoms with Gasteiger partial charge < -0.3 is 5.73 Å². The zero-order chi connectivity index (χ0) is 7.82. The topological polar surface area (TPSA) is 26.0 Å². The summed E-state index contributed by atoms with van der Waals surface area (Å²) in [6.07, 6.45) is 8.54. The van der Waals surface area contributed by atoms with E-state index in [1.807, 2.05) is 0 Å². The fourth-order valence-electron chi connectivity index (χ4n) is 0.592. The fourth-order valence-corrected chi connectivity index (χ4v) is 0.592.